The molecule has 0 spiro atoms. The number of ether oxygens (including phenoxy) is 1. The van der Waals surface area contributed by atoms with Gasteiger partial charge in [-0.25, -0.2) is 0 Å². The molecule has 0 atom stereocenters. The molecule has 1 saturated carbocycles. The fourth-order valence-electron chi connectivity index (χ4n) is 5.07. The number of hydrogen-bond acceptors (Lipinski definition) is 4. The van der Waals surface area contributed by atoms with Crippen molar-refractivity contribution in [2.75, 3.05) is 40.4 Å². The minimum absolute atomic E-state index is 0.409. The zero-order valence-electron chi connectivity index (χ0n) is 18.0. The Morgan fingerprint density at radius 3 is 2.74 bits per heavy atom. The van der Waals surface area contributed by atoms with Gasteiger partial charge in [-0.1, -0.05) is 6.92 Å². The molecule has 2 heterocycles. The van der Waals surface area contributed by atoms with Gasteiger partial charge in [0.1, 0.15) is 0 Å². The molecule has 3 rings (SSSR count). The first-order valence-corrected chi connectivity index (χ1v) is 11.1. The van der Waals surface area contributed by atoms with E-state index in [1.165, 1.54) is 50.6 Å². The third-order valence-corrected chi connectivity index (χ3v) is 6.94. The molecule has 154 valence electrons. The van der Waals surface area contributed by atoms with Crippen LogP contribution in [0, 0.1) is 5.41 Å². The van der Waals surface area contributed by atoms with E-state index in [1.807, 2.05) is 7.05 Å². The summed E-state index contributed by atoms with van der Waals surface area (Å²) in [5.41, 5.74) is 4.92. The van der Waals surface area contributed by atoms with E-state index in [2.05, 4.69) is 35.8 Å². The van der Waals surface area contributed by atoms with E-state index in [9.17, 15) is 0 Å². The van der Waals surface area contributed by atoms with Crippen LogP contribution in [-0.2, 0) is 24.2 Å². The summed E-state index contributed by atoms with van der Waals surface area (Å²) in [7, 11) is 4.24. The lowest BCUT2D eigenvalue weighted by molar-refractivity contribution is 0.0192. The van der Waals surface area contributed by atoms with Crippen molar-refractivity contribution >= 4 is 0 Å². The van der Waals surface area contributed by atoms with Gasteiger partial charge in [0, 0.05) is 44.0 Å². The fourth-order valence-corrected chi connectivity index (χ4v) is 5.07. The molecule has 1 aromatic rings. The van der Waals surface area contributed by atoms with Crippen molar-refractivity contribution in [3.63, 3.8) is 0 Å². The van der Waals surface area contributed by atoms with Crippen molar-refractivity contribution in [2.24, 2.45) is 5.41 Å². The van der Waals surface area contributed by atoms with Gasteiger partial charge in [0.2, 0.25) is 0 Å². The Morgan fingerprint density at radius 1 is 1.30 bits per heavy atom. The first-order valence-electron chi connectivity index (χ1n) is 11.1. The number of hydrogen-bond donors (Lipinski definition) is 1. The van der Waals surface area contributed by atoms with Crippen LogP contribution in [0.4, 0.5) is 0 Å². The summed E-state index contributed by atoms with van der Waals surface area (Å²) >= 11 is 0. The quantitative estimate of drug-likeness (QED) is 0.678. The van der Waals surface area contributed by atoms with E-state index in [4.69, 9.17) is 9.84 Å². The van der Waals surface area contributed by atoms with Crippen molar-refractivity contribution < 1.29 is 4.74 Å². The molecule has 5 heteroatoms. The van der Waals surface area contributed by atoms with Crippen LogP contribution >= 0.6 is 0 Å². The number of likely N-dealkylation sites (N-methyl/N-ethyl adjacent to an activating group) is 2. The molecule has 0 unspecified atom stereocenters. The lowest BCUT2D eigenvalue weighted by atomic mass is 9.67. The van der Waals surface area contributed by atoms with E-state index < -0.39 is 0 Å². The smallest absolute Gasteiger partial charge is 0.0802 e. The highest BCUT2D eigenvalue weighted by Gasteiger charge is 2.37. The molecule has 2 aliphatic rings. The Balaban J connectivity index is 1.72. The summed E-state index contributed by atoms with van der Waals surface area (Å²) in [6.07, 6.45) is 8.92. The number of nitrogens with zero attached hydrogens (tertiary/aromatic N) is 3. The lowest BCUT2D eigenvalue weighted by Gasteiger charge is -2.39. The Kier molecular flexibility index (Phi) is 7.35. The van der Waals surface area contributed by atoms with Crippen LogP contribution < -0.4 is 5.32 Å². The maximum atomic E-state index is 5.85. The first-order chi connectivity index (χ1) is 13.1. The zero-order valence-corrected chi connectivity index (χ0v) is 18.0. The summed E-state index contributed by atoms with van der Waals surface area (Å²) < 4.78 is 8.17. The highest BCUT2D eigenvalue weighted by Crippen LogP contribution is 2.47. The van der Waals surface area contributed by atoms with Gasteiger partial charge in [-0.05, 0) is 77.3 Å². The summed E-state index contributed by atoms with van der Waals surface area (Å²) in [5.74, 6) is 0.695. The van der Waals surface area contributed by atoms with Crippen LogP contribution in [0.15, 0.2) is 0 Å². The van der Waals surface area contributed by atoms with Gasteiger partial charge < -0.3 is 10.1 Å². The summed E-state index contributed by atoms with van der Waals surface area (Å²) in [5, 5.41) is 8.30. The average molecular weight is 377 g/mol. The Hall–Kier alpha value is -0.910. The van der Waals surface area contributed by atoms with Crippen LogP contribution in [0.1, 0.15) is 75.2 Å². The number of aryl methyl sites for hydroxylation is 1. The maximum Gasteiger partial charge on any atom is 0.0802 e. The summed E-state index contributed by atoms with van der Waals surface area (Å²) in [6.45, 7) is 10.4. The molecule has 1 N–H and O–H groups in total. The van der Waals surface area contributed by atoms with Gasteiger partial charge >= 0.3 is 0 Å². The van der Waals surface area contributed by atoms with E-state index in [0.717, 1.165) is 39.4 Å². The molecule has 0 amide bonds. The highest BCUT2D eigenvalue weighted by atomic mass is 16.5. The van der Waals surface area contributed by atoms with E-state index in [0.29, 0.717) is 11.3 Å². The minimum atomic E-state index is 0.409. The van der Waals surface area contributed by atoms with Gasteiger partial charge in [0.15, 0.2) is 0 Å². The second-order valence-corrected chi connectivity index (χ2v) is 8.74. The molecule has 0 bridgehead atoms. The monoisotopic (exact) mass is 376 g/mol. The number of aromatic nitrogens is 2. The fraction of sp³-hybridized carbons (Fsp3) is 0.864. The third kappa shape index (κ3) is 4.75. The molecule has 1 aromatic heterocycles. The number of nitrogens with one attached hydrogen (secondary N) is 1. The van der Waals surface area contributed by atoms with Crippen LogP contribution in [-0.4, -0.2) is 55.1 Å². The highest BCUT2D eigenvalue weighted by molar-refractivity contribution is 5.33. The van der Waals surface area contributed by atoms with Gasteiger partial charge in [0.25, 0.3) is 0 Å². The normalized spacial score (nSPS) is 25.3. The van der Waals surface area contributed by atoms with Crippen LogP contribution in [0.25, 0.3) is 0 Å². The minimum Gasteiger partial charge on any atom is -0.381 e. The molecule has 0 saturated heterocycles. The Bertz CT molecular complexity index is 589. The van der Waals surface area contributed by atoms with Crippen molar-refractivity contribution in [3.05, 3.63) is 17.0 Å². The molecule has 0 aromatic carbocycles. The van der Waals surface area contributed by atoms with Gasteiger partial charge in [-0.15, -0.1) is 0 Å². The third-order valence-electron chi connectivity index (χ3n) is 6.94. The molecular weight excluding hydrogens is 336 g/mol. The molecule has 27 heavy (non-hydrogen) atoms. The van der Waals surface area contributed by atoms with Gasteiger partial charge in [-0.3, -0.25) is 9.58 Å². The van der Waals surface area contributed by atoms with Crippen molar-refractivity contribution in [1.82, 2.24) is 20.0 Å². The molecule has 0 radical (unpaired) electrons. The van der Waals surface area contributed by atoms with E-state index in [-0.39, 0.29) is 0 Å². The molecular formula is C22H40N4O. The summed E-state index contributed by atoms with van der Waals surface area (Å²) in [6, 6.07) is 0. The largest absolute Gasteiger partial charge is 0.381 e. The number of rotatable bonds is 10. The second kappa shape index (κ2) is 9.53. The topological polar surface area (TPSA) is 42.3 Å². The standard InChI is InChI=1S/C22H40N4O/c1-5-22(17-27-6-2)11-9-18(10-12-22)21-19(16-25(4)15-13-23-3)24-26-14-7-8-20(21)26/h18,23H,5-17H2,1-4H3/t18-,22-. The van der Waals surface area contributed by atoms with Gasteiger partial charge in [-0.2, -0.15) is 5.10 Å². The first kappa shape index (κ1) is 20.8. The molecule has 1 aliphatic heterocycles. The molecule has 5 nitrogen and oxygen atoms in total. The zero-order chi connectivity index (χ0) is 19.3. The van der Waals surface area contributed by atoms with Crippen LogP contribution in [0.2, 0.25) is 0 Å². The van der Waals surface area contributed by atoms with E-state index in [1.54, 1.807) is 11.3 Å². The van der Waals surface area contributed by atoms with Crippen LogP contribution in [0.3, 0.4) is 0 Å². The number of fused-ring (bicyclic) bond motifs is 1. The van der Waals surface area contributed by atoms with Gasteiger partial charge in [0.05, 0.1) is 12.3 Å². The molecule has 1 aliphatic carbocycles. The predicted molar refractivity (Wildman–Crippen MR) is 111 cm³/mol. The van der Waals surface area contributed by atoms with E-state index >= 15 is 0 Å². The predicted octanol–water partition coefficient (Wildman–Crippen LogP) is 3.57. The Morgan fingerprint density at radius 2 is 2.07 bits per heavy atom. The van der Waals surface area contributed by atoms with Crippen molar-refractivity contribution in [2.45, 2.75) is 77.8 Å². The lowest BCUT2D eigenvalue weighted by Crippen LogP contribution is -2.32. The summed E-state index contributed by atoms with van der Waals surface area (Å²) in [4.78, 5) is 2.41. The molecule has 1 fully saturated rings. The van der Waals surface area contributed by atoms with Crippen molar-refractivity contribution in [1.29, 1.82) is 0 Å². The Labute approximate surface area is 165 Å². The average Bonchev–Trinajstić information content (AvgIpc) is 3.26. The van der Waals surface area contributed by atoms with Crippen LogP contribution in [0.5, 0.6) is 0 Å². The SMILES string of the molecule is CCOC[C@]1(CC)CC[C@@H](c2c(CN(C)CCNC)nn3c2CCC3)CC1. The van der Waals surface area contributed by atoms with Crippen molar-refractivity contribution in [3.8, 4) is 0 Å². The second-order valence-electron chi connectivity index (χ2n) is 8.74. The maximum absolute atomic E-state index is 5.85.